The van der Waals surface area contributed by atoms with Gasteiger partial charge in [0.15, 0.2) is 27.2 Å². The predicted molar refractivity (Wildman–Crippen MR) is 176 cm³/mol. The Bertz CT molecular complexity index is 1070. The monoisotopic (exact) mass is 600 g/mol. The minimum absolute atomic E-state index is 0.0286. The van der Waals surface area contributed by atoms with E-state index < -0.39 is 42.1 Å². The minimum Gasteiger partial charge on any atom is -0.408 e. The third kappa shape index (κ3) is 8.30. The van der Waals surface area contributed by atoms with Gasteiger partial charge in [-0.1, -0.05) is 87.8 Å². The van der Waals surface area contributed by atoms with E-state index in [-0.39, 0.29) is 11.6 Å². The van der Waals surface area contributed by atoms with Crippen LogP contribution in [0.3, 0.4) is 0 Å². The maximum atomic E-state index is 13.3. The highest BCUT2D eigenvalue weighted by Crippen LogP contribution is 2.30. The summed E-state index contributed by atoms with van der Waals surface area (Å²) in [6, 6.07) is 15.7. The van der Waals surface area contributed by atoms with Crippen molar-refractivity contribution in [1.82, 2.24) is 0 Å². The summed E-state index contributed by atoms with van der Waals surface area (Å²) in [5, 5.41) is 0. The van der Waals surface area contributed by atoms with Crippen molar-refractivity contribution in [1.29, 1.82) is 0 Å². The Morgan fingerprint density at radius 3 is 1.03 bits per heavy atom. The van der Waals surface area contributed by atoms with Gasteiger partial charge in [0.25, 0.3) is 0 Å². The first kappa shape index (κ1) is 33.8. The van der Waals surface area contributed by atoms with Crippen LogP contribution in [0.15, 0.2) is 48.5 Å². The molecule has 0 aliphatic heterocycles. The van der Waals surface area contributed by atoms with Gasteiger partial charge in [0.2, 0.25) is 0 Å². The Labute approximate surface area is 241 Å². The summed E-state index contributed by atoms with van der Waals surface area (Å²) in [6.07, 6.45) is 0.730. The van der Waals surface area contributed by atoms with Crippen LogP contribution in [-0.2, 0) is 15.3 Å². The molecule has 0 radical (unpaired) electrons. The van der Waals surface area contributed by atoms with E-state index in [1.54, 1.807) is 0 Å². The second kappa shape index (κ2) is 11.4. The van der Waals surface area contributed by atoms with Crippen molar-refractivity contribution >= 4 is 42.4 Å². The van der Waals surface area contributed by atoms with Crippen LogP contribution in [0.5, 0.6) is 0 Å². The summed E-state index contributed by atoms with van der Waals surface area (Å²) in [5.74, 6) is 0.0573. The number of hydrogen-bond donors (Lipinski definition) is 0. The lowest BCUT2D eigenvalue weighted by atomic mass is 9.94. The van der Waals surface area contributed by atoms with E-state index in [0.29, 0.717) is 11.1 Å². The van der Waals surface area contributed by atoms with Crippen molar-refractivity contribution in [3.63, 3.8) is 0 Å². The second-order valence-electron chi connectivity index (χ2n) is 15.0. The van der Waals surface area contributed by atoms with Crippen LogP contribution >= 0.6 is 0 Å². The van der Waals surface area contributed by atoms with Crippen LogP contribution in [0, 0.1) is 0 Å². The van der Waals surface area contributed by atoms with Gasteiger partial charge in [0.1, 0.15) is 11.2 Å². The van der Waals surface area contributed by atoms with E-state index >= 15 is 0 Å². The topological polar surface area (TPSA) is 52.6 Å². The SMILES string of the molecule is CC(C)(O[Si](C)(C)[Si](C)(C)C)C(=O)c1ccc(Cc2ccc(C(=O)C(C)(C)O[Si](C)(C)[Si](C)(C)C)cc2)cc1. The van der Waals surface area contributed by atoms with Crippen molar-refractivity contribution in [3.8, 4) is 0 Å². The lowest BCUT2D eigenvalue weighted by molar-refractivity contribution is 0.0567. The Hall–Kier alpha value is -1.43. The van der Waals surface area contributed by atoms with Gasteiger partial charge in [0, 0.05) is 11.1 Å². The number of carbonyl (C=O) groups is 2. The molecule has 2 rings (SSSR count). The number of carbonyl (C=O) groups excluding carboxylic acids is 2. The van der Waals surface area contributed by atoms with Crippen LogP contribution in [0.2, 0.25) is 65.5 Å². The number of rotatable bonds is 12. The van der Waals surface area contributed by atoms with Gasteiger partial charge in [-0.3, -0.25) is 9.59 Å². The zero-order valence-electron chi connectivity index (χ0n) is 27.0. The summed E-state index contributed by atoms with van der Waals surface area (Å²) >= 11 is 0. The summed E-state index contributed by atoms with van der Waals surface area (Å²) in [5.41, 5.74) is 1.91. The molecule has 0 saturated heterocycles. The molecular formula is C31H52O4Si4. The molecule has 2 aromatic carbocycles. The largest absolute Gasteiger partial charge is 0.408 e. The van der Waals surface area contributed by atoms with Crippen LogP contribution < -0.4 is 0 Å². The lowest BCUT2D eigenvalue weighted by Crippen LogP contribution is -2.59. The molecule has 0 aliphatic carbocycles. The number of Topliss-reactive ketones (excluding diaryl/α,β-unsaturated/α-hetero) is 2. The molecule has 0 heterocycles. The molecule has 0 amide bonds. The van der Waals surface area contributed by atoms with Gasteiger partial charge >= 0.3 is 0 Å². The first-order valence-electron chi connectivity index (χ1n) is 14.1. The standard InChI is InChI=1S/C31H52O4Si4/c1-30(2,34-38(11,12)36(5,6)7)28(32)26-19-15-24(16-20-26)23-25-17-21-27(22-18-25)29(33)31(3,4)35-39(13,14)37(8,9)10/h15-22H,23H2,1-14H3. The third-order valence-electron chi connectivity index (χ3n) is 8.57. The maximum Gasteiger partial charge on any atom is 0.192 e. The molecule has 0 saturated carbocycles. The Balaban J connectivity index is 2.12. The summed E-state index contributed by atoms with van der Waals surface area (Å²) in [4.78, 5) is 26.7. The summed E-state index contributed by atoms with van der Waals surface area (Å²) in [7, 11) is -6.90. The van der Waals surface area contributed by atoms with Gasteiger partial charge in [-0.2, -0.15) is 0 Å². The molecule has 0 bridgehead atoms. The van der Waals surface area contributed by atoms with Crippen LogP contribution in [0.1, 0.15) is 59.5 Å². The Morgan fingerprint density at radius 2 is 0.795 bits per heavy atom. The van der Waals surface area contributed by atoms with E-state index in [1.165, 1.54) is 0 Å². The van der Waals surface area contributed by atoms with E-state index in [2.05, 4.69) is 65.5 Å². The molecule has 0 aromatic heterocycles. The molecule has 0 atom stereocenters. The predicted octanol–water partition coefficient (Wildman–Crippen LogP) is 8.48. The molecule has 2 aromatic rings. The van der Waals surface area contributed by atoms with Crippen molar-refractivity contribution in [2.24, 2.45) is 0 Å². The molecule has 8 heteroatoms. The molecule has 0 aliphatic rings. The van der Waals surface area contributed by atoms with Crippen LogP contribution in [0.4, 0.5) is 0 Å². The van der Waals surface area contributed by atoms with Gasteiger partial charge in [0.05, 0.1) is 15.2 Å². The maximum absolute atomic E-state index is 13.3. The van der Waals surface area contributed by atoms with Crippen LogP contribution in [-0.4, -0.2) is 53.6 Å². The van der Waals surface area contributed by atoms with Crippen molar-refractivity contribution in [3.05, 3.63) is 70.8 Å². The zero-order valence-corrected chi connectivity index (χ0v) is 31.0. The Morgan fingerprint density at radius 1 is 0.538 bits per heavy atom. The number of ketones is 2. The Kier molecular flexibility index (Phi) is 9.91. The molecule has 4 nitrogen and oxygen atoms in total. The van der Waals surface area contributed by atoms with E-state index in [1.807, 2.05) is 76.2 Å². The average molecular weight is 601 g/mol. The molecule has 0 spiro atoms. The number of benzene rings is 2. The van der Waals surface area contributed by atoms with Gasteiger partial charge in [-0.15, -0.1) is 0 Å². The average Bonchev–Trinajstić information content (AvgIpc) is 2.76. The molecule has 216 valence electrons. The normalized spacial score (nSPS) is 13.9. The highest BCUT2D eigenvalue weighted by Gasteiger charge is 2.46. The molecule has 0 unspecified atom stereocenters. The molecular weight excluding hydrogens is 549 g/mol. The van der Waals surface area contributed by atoms with Crippen LogP contribution in [0.25, 0.3) is 0 Å². The summed E-state index contributed by atoms with van der Waals surface area (Å²) in [6.45, 7) is 30.5. The second-order valence-corrected chi connectivity index (χ2v) is 46.6. The quantitative estimate of drug-likeness (QED) is 0.181. The summed E-state index contributed by atoms with van der Waals surface area (Å²) < 4.78 is 13.1. The molecule has 39 heavy (non-hydrogen) atoms. The first-order valence-corrected chi connectivity index (χ1v) is 28.9. The fourth-order valence-electron chi connectivity index (χ4n) is 4.15. The highest BCUT2D eigenvalue weighted by molar-refractivity contribution is 7.38. The van der Waals surface area contributed by atoms with Crippen molar-refractivity contribution in [2.45, 2.75) is 111 Å². The highest BCUT2D eigenvalue weighted by atomic mass is 29.3. The van der Waals surface area contributed by atoms with Crippen molar-refractivity contribution < 1.29 is 18.4 Å². The van der Waals surface area contributed by atoms with Gasteiger partial charge in [-0.25, -0.2) is 0 Å². The molecule has 0 N–H and O–H groups in total. The van der Waals surface area contributed by atoms with Gasteiger partial charge < -0.3 is 8.85 Å². The van der Waals surface area contributed by atoms with E-state index in [0.717, 1.165) is 17.5 Å². The fraction of sp³-hybridized carbons (Fsp3) is 0.548. The van der Waals surface area contributed by atoms with E-state index in [9.17, 15) is 9.59 Å². The fourth-order valence-corrected chi connectivity index (χ4v) is 10.9. The smallest absolute Gasteiger partial charge is 0.192 e. The lowest BCUT2D eigenvalue weighted by Gasteiger charge is -2.41. The third-order valence-corrected chi connectivity index (χ3v) is 40.1. The minimum atomic E-state index is -1.95. The molecule has 0 fully saturated rings. The zero-order chi connectivity index (χ0) is 30.2. The first-order chi connectivity index (χ1) is 17.4. The van der Waals surface area contributed by atoms with Crippen molar-refractivity contribution in [2.75, 3.05) is 0 Å². The van der Waals surface area contributed by atoms with E-state index in [4.69, 9.17) is 8.85 Å². The number of hydrogen-bond acceptors (Lipinski definition) is 4. The van der Waals surface area contributed by atoms with Gasteiger partial charge in [-0.05, 0) is 71.4 Å².